The van der Waals surface area contributed by atoms with Gasteiger partial charge in [-0.15, -0.1) is 11.6 Å². The maximum atomic E-state index is 9.42. The zero-order valence-electron chi connectivity index (χ0n) is 9.77. The Hall–Kier alpha value is -0.250. The van der Waals surface area contributed by atoms with Gasteiger partial charge in [-0.1, -0.05) is 22.0 Å². The van der Waals surface area contributed by atoms with Crippen LogP contribution >= 0.6 is 27.5 Å². The number of alkyl halides is 1. The van der Waals surface area contributed by atoms with Gasteiger partial charge in [0, 0.05) is 16.7 Å². The molecule has 1 unspecified atom stereocenters. The number of hydrogen-bond acceptors (Lipinski definition) is 2. The summed E-state index contributed by atoms with van der Waals surface area (Å²) in [6.45, 7) is 6.66. The van der Waals surface area contributed by atoms with E-state index in [1.807, 2.05) is 0 Å². The smallest absolute Gasteiger partial charge is 0.0847 e. The molecule has 0 aromatic heterocycles. The van der Waals surface area contributed by atoms with E-state index in [1.54, 1.807) is 0 Å². The van der Waals surface area contributed by atoms with E-state index in [4.69, 9.17) is 11.6 Å². The second-order valence-corrected chi connectivity index (χ2v) is 5.11. The van der Waals surface area contributed by atoms with E-state index < -0.39 is 6.10 Å². The third-order valence-electron chi connectivity index (χ3n) is 2.57. The van der Waals surface area contributed by atoms with Crippen LogP contribution in [-0.4, -0.2) is 23.6 Å². The Balaban J connectivity index is 2.92. The SMILES string of the molecule is Cc1cc(C)c(NCC(O)CCl)c(C)c1Br. The first kappa shape index (κ1) is 13.8. The summed E-state index contributed by atoms with van der Waals surface area (Å²) in [5.74, 6) is 0.248. The number of halogens is 2. The molecule has 90 valence electrons. The van der Waals surface area contributed by atoms with Crippen LogP contribution in [0.3, 0.4) is 0 Å². The molecule has 0 fully saturated rings. The topological polar surface area (TPSA) is 32.3 Å². The molecule has 0 amide bonds. The van der Waals surface area contributed by atoms with Crippen molar-refractivity contribution in [3.8, 4) is 0 Å². The highest BCUT2D eigenvalue weighted by Crippen LogP contribution is 2.30. The lowest BCUT2D eigenvalue weighted by atomic mass is 10.0. The Labute approximate surface area is 110 Å². The van der Waals surface area contributed by atoms with Crippen LogP contribution in [0.2, 0.25) is 0 Å². The Morgan fingerprint density at radius 1 is 1.38 bits per heavy atom. The number of benzene rings is 1. The van der Waals surface area contributed by atoms with Gasteiger partial charge in [-0.2, -0.15) is 0 Å². The first-order chi connectivity index (χ1) is 7.47. The zero-order chi connectivity index (χ0) is 12.3. The molecule has 0 heterocycles. The highest BCUT2D eigenvalue weighted by Gasteiger charge is 2.10. The predicted molar refractivity (Wildman–Crippen MR) is 73.6 cm³/mol. The second kappa shape index (κ2) is 5.89. The number of aliphatic hydroxyl groups is 1. The van der Waals surface area contributed by atoms with E-state index in [-0.39, 0.29) is 5.88 Å². The Morgan fingerprint density at radius 3 is 2.56 bits per heavy atom. The third-order valence-corrected chi connectivity index (χ3v) is 4.15. The molecule has 1 aromatic carbocycles. The molecule has 2 nitrogen and oxygen atoms in total. The third kappa shape index (κ3) is 3.12. The summed E-state index contributed by atoms with van der Waals surface area (Å²) < 4.78 is 1.11. The van der Waals surface area contributed by atoms with E-state index in [1.165, 1.54) is 16.7 Å². The minimum absolute atomic E-state index is 0.248. The maximum absolute atomic E-state index is 9.42. The monoisotopic (exact) mass is 305 g/mol. The molecule has 0 saturated heterocycles. The molecule has 1 atom stereocenters. The van der Waals surface area contributed by atoms with Gasteiger partial charge in [0.1, 0.15) is 0 Å². The fourth-order valence-electron chi connectivity index (χ4n) is 1.71. The van der Waals surface area contributed by atoms with Gasteiger partial charge >= 0.3 is 0 Å². The summed E-state index contributed by atoms with van der Waals surface area (Å²) >= 11 is 9.11. The molecule has 0 radical (unpaired) electrons. The van der Waals surface area contributed by atoms with E-state index >= 15 is 0 Å². The Bertz CT molecular complexity index is 382. The van der Waals surface area contributed by atoms with Crippen molar-refractivity contribution in [2.75, 3.05) is 17.7 Å². The second-order valence-electron chi connectivity index (χ2n) is 4.01. The normalized spacial score (nSPS) is 12.6. The van der Waals surface area contributed by atoms with E-state index in [0.717, 1.165) is 10.2 Å². The number of anilines is 1. The van der Waals surface area contributed by atoms with Crippen molar-refractivity contribution in [3.63, 3.8) is 0 Å². The van der Waals surface area contributed by atoms with E-state index in [0.29, 0.717) is 6.54 Å². The fraction of sp³-hybridized carbons (Fsp3) is 0.500. The molecule has 0 aliphatic rings. The quantitative estimate of drug-likeness (QED) is 0.836. The minimum Gasteiger partial charge on any atom is -0.390 e. The predicted octanol–water partition coefficient (Wildman–Crippen LogP) is 3.39. The lowest BCUT2D eigenvalue weighted by Gasteiger charge is -2.17. The molecule has 4 heteroatoms. The molecule has 0 spiro atoms. The highest BCUT2D eigenvalue weighted by atomic mass is 79.9. The average Bonchev–Trinajstić information content (AvgIpc) is 2.25. The van der Waals surface area contributed by atoms with Crippen molar-refractivity contribution in [1.29, 1.82) is 0 Å². The summed E-state index contributed by atoms with van der Waals surface area (Å²) in [5, 5.41) is 12.7. The van der Waals surface area contributed by atoms with Crippen molar-refractivity contribution in [2.45, 2.75) is 26.9 Å². The first-order valence-corrected chi connectivity index (χ1v) is 6.54. The standard InChI is InChI=1S/C12H17BrClNO/c1-7-4-8(2)12(9(3)11(7)13)15-6-10(16)5-14/h4,10,15-16H,5-6H2,1-3H3. The molecular weight excluding hydrogens is 289 g/mol. The Morgan fingerprint density at radius 2 is 2.00 bits per heavy atom. The number of nitrogens with one attached hydrogen (secondary N) is 1. The molecule has 2 N–H and O–H groups in total. The zero-order valence-corrected chi connectivity index (χ0v) is 12.1. The number of aryl methyl sites for hydroxylation is 2. The molecule has 0 aliphatic heterocycles. The van der Waals surface area contributed by atoms with Crippen molar-refractivity contribution < 1.29 is 5.11 Å². The lowest BCUT2D eigenvalue weighted by Crippen LogP contribution is -2.21. The lowest BCUT2D eigenvalue weighted by molar-refractivity contribution is 0.211. The van der Waals surface area contributed by atoms with Crippen LogP contribution in [0.15, 0.2) is 10.5 Å². The van der Waals surface area contributed by atoms with Gasteiger partial charge in [-0.25, -0.2) is 0 Å². The van der Waals surface area contributed by atoms with Crippen LogP contribution in [0.1, 0.15) is 16.7 Å². The summed E-state index contributed by atoms with van der Waals surface area (Å²) in [5.41, 5.74) is 4.64. The van der Waals surface area contributed by atoms with Crippen LogP contribution < -0.4 is 5.32 Å². The molecule has 0 aliphatic carbocycles. The van der Waals surface area contributed by atoms with Crippen LogP contribution in [0.4, 0.5) is 5.69 Å². The van der Waals surface area contributed by atoms with Gasteiger partial charge in [0.2, 0.25) is 0 Å². The average molecular weight is 307 g/mol. The largest absolute Gasteiger partial charge is 0.390 e. The molecule has 0 bridgehead atoms. The number of rotatable bonds is 4. The van der Waals surface area contributed by atoms with Gasteiger partial charge in [0.15, 0.2) is 0 Å². The number of aliphatic hydroxyl groups excluding tert-OH is 1. The molecular formula is C12H17BrClNO. The first-order valence-electron chi connectivity index (χ1n) is 5.21. The van der Waals surface area contributed by atoms with Crippen molar-refractivity contribution in [1.82, 2.24) is 0 Å². The fourth-order valence-corrected chi connectivity index (χ4v) is 2.13. The maximum Gasteiger partial charge on any atom is 0.0847 e. The summed E-state index contributed by atoms with van der Waals surface area (Å²) in [6, 6.07) is 2.12. The molecule has 16 heavy (non-hydrogen) atoms. The van der Waals surface area contributed by atoms with Gasteiger partial charge in [0.05, 0.1) is 12.0 Å². The van der Waals surface area contributed by atoms with E-state index in [2.05, 4.69) is 48.1 Å². The molecule has 0 saturated carbocycles. The van der Waals surface area contributed by atoms with Gasteiger partial charge in [-0.3, -0.25) is 0 Å². The molecule has 1 aromatic rings. The van der Waals surface area contributed by atoms with Crippen LogP contribution in [-0.2, 0) is 0 Å². The van der Waals surface area contributed by atoms with Gasteiger partial charge < -0.3 is 10.4 Å². The molecule has 1 rings (SSSR count). The summed E-state index contributed by atoms with van der Waals surface area (Å²) in [6.07, 6.45) is -0.513. The van der Waals surface area contributed by atoms with Crippen molar-refractivity contribution >= 4 is 33.2 Å². The van der Waals surface area contributed by atoms with E-state index in [9.17, 15) is 5.11 Å². The van der Waals surface area contributed by atoms with Crippen LogP contribution in [0.5, 0.6) is 0 Å². The van der Waals surface area contributed by atoms with Crippen molar-refractivity contribution in [3.05, 3.63) is 27.2 Å². The highest BCUT2D eigenvalue weighted by molar-refractivity contribution is 9.10. The van der Waals surface area contributed by atoms with Gasteiger partial charge in [-0.05, 0) is 37.5 Å². The summed E-state index contributed by atoms with van der Waals surface area (Å²) in [7, 11) is 0. The van der Waals surface area contributed by atoms with Crippen molar-refractivity contribution in [2.24, 2.45) is 0 Å². The summed E-state index contributed by atoms with van der Waals surface area (Å²) in [4.78, 5) is 0. The van der Waals surface area contributed by atoms with Gasteiger partial charge in [0.25, 0.3) is 0 Å². The van der Waals surface area contributed by atoms with Crippen LogP contribution in [0.25, 0.3) is 0 Å². The Kier molecular flexibility index (Phi) is 5.09. The number of hydrogen-bond donors (Lipinski definition) is 2. The van der Waals surface area contributed by atoms with Crippen LogP contribution in [0, 0.1) is 20.8 Å². The minimum atomic E-state index is -0.513.